The lowest BCUT2D eigenvalue weighted by Crippen LogP contribution is -2.45. The van der Waals surface area contributed by atoms with Gasteiger partial charge >= 0.3 is 5.97 Å². The fraction of sp³-hybridized carbons (Fsp3) is 0.280. The van der Waals surface area contributed by atoms with Crippen molar-refractivity contribution < 1.29 is 9.90 Å². The van der Waals surface area contributed by atoms with Gasteiger partial charge in [-0.05, 0) is 34.7 Å². The summed E-state index contributed by atoms with van der Waals surface area (Å²) in [6.07, 6.45) is 1.86. The molecular formula is C25H28N4O2. The van der Waals surface area contributed by atoms with Crippen LogP contribution in [0.4, 0.5) is 11.5 Å². The second-order valence-electron chi connectivity index (χ2n) is 8.04. The summed E-state index contributed by atoms with van der Waals surface area (Å²) >= 11 is 0. The summed E-state index contributed by atoms with van der Waals surface area (Å²) in [6, 6.07) is 22.6. The van der Waals surface area contributed by atoms with Gasteiger partial charge in [-0.25, -0.2) is 4.98 Å². The van der Waals surface area contributed by atoms with Crippen LogP contribution >= 0.6 is 0 Å². The molecule has 0 fully saturated rings. The van der Waals surface area contributed by atoms with Gasteiger partial charge in [0.05, 0.1) is 24.2 Å². The van der Waals surface area contributed by atoms with E-state index in [0.29, 0.717) is 0 Å². The Labute approximate surface area is 182 Å². The Morgan fingerprint density at radius 1 is 1.10 bits per heavy atom. The SMILES string of the molecule is CC(CN[C@H](c1ccccc1)[C@H]1CNc2cccnc2N1)c1ccc(CC(=O)O)cc1. The number of carboxylic acid groups (broad SMARTS) is 1. The van der Waals surface area contributed by atoms with Crippen molar-refractivity contribution in [1.82, 2.24) is 10.3 Å². The quantitative estimate of drug-likeness (QED) is 0.443. The molecule has 0 bridgehead atoms. The second-order valence-corrected chi connectivity index (χ2v) is 8.04. The van der Waals surface area contributed by atoms with Gasteiger partial charge in [-0.3, -0.25) is 4.79 Å². The van der Waals surface area contributed by atoms with Crippen LogP contribution in [0.3, 0.4) is 0 Å². The highest BCUT2D eigenvalue weighted by molar-refractivity contribution is 5.70. The van der Waals surface area contributed by atoms with E-state index in [9.17, 15) is 4.79 Å². The third-order valence-electron chi connectivity index (χ3n) is 5.75. The third kappa shape index (κ3) is 5.22. The zero-order chi connectivity index (χ0) is 21.6. The summed E-state index contributed by atoms with van der Waals surface area (Å²) < 4.78 is 0. The Balaban J connectivity index is 1.46. The molecule has 160 valence electrons. The van der Waals surface area contributed by atoms with Crippen LogP contribution < -0.4 is 16.0 Å². The number of carboxylic acids is 1. The zero-order valence-electron chi connectivity index (χ0n) is 17.6. The monoisotopic (exact) mass is 416 g/mol. The molecule has 0 spiro atoms. The minimum atomic E-state index is -0.808. The maximum absolute atomic E-state index is 10.9. The number of benzene rings is 2. The summed E-state index contributed by atoms with van der Waals surface area (Å²) in [5, 5.41) is 19.8. The highest BCUT2D eigenvalue weighted by Gasteiger charge is 2.27. The zero-order valence-corrected chi connectivity index (χ0v) is 17.6. The maximum Gasteiger partial charge on any atom is 0.307 e. The Kier molecular flexibility index (Phi) is 6.48. The van der Waals surface area contributed by atoms with Crippen molar-refractivity contribution in [2.45, 2.75) is 31.3 Å². The molecule has 4 N–H and O–H groups in total. The van der Waals surface area contributed by atoms with E-state index in [1.54, 1.807) is 6.20 Å². The molecule has 2 aromatic carbocycles. The van der Waals surface area contributed by atoms with E-state index in [4.69, 9.17) is 5.11 Å². The lowest BCUT2D eigenvalue weighted by atomic mass is 9.95. The molecule has 0 amide bonds. The van der Waals surface area contributed by atoms with E-state index in [0.717, 1.165) is 30.2 Å². The first-order valence-corrected chi connectivity index (χ1v) is 10.6. The minimum Gasteiger partial charge on any atom is -0.481 e. The Hall–Kier alpha value is -3.38. The van der Waals surface area contributed by atoms with Gasteiger partial charge in [0.2, 0.25) is 0 Å². The summed E-state index contributed by atoms with van der Waals surface area (Å²) in [5.41, 5.74) is 4.27. The van der Waals surface area contributed by atoms with Crippen molar-refractivity contribution in [2.75, 3.05) is 23.7 Å². The summed E-state index contributed by atoms with van der Waals surface area (Å²) in [5.74, 6) is 0.355. The average molecular weight is 417 g/mol. The van der Waals surface area contributed by atoms with Crippen LogP contribution in [0.1, 0.15) is 35.6 Å². The molecular weight excluding hydrogens is 388 g/mol. The number of aromatic nitrogens is 1. The molecule has 4 rings (SSSR count). The van der Waals surface area contributed by atoms with Gasteiger partial charge in [-0.2, -0.15) is 0 Å². The van der Waals surface area contributed by atoms with E-state index >= 15 is 0 Å². The number of rotatable bonds is 8. The summed E-state index contributed by atoms with van der Waals surface area (Å²) in [7, 11) is 0. The van der Waals surface area contributed by atoms with Gasteiger partial charge in [0.25, 0.3) is 0 Å². The van der Waals surface area contributed by atoms with Gasteiger partial charge in [-0.1, -0.05) is 61.5 Å². The number of carbonyl (C=O) groups is 1. The van der Waals surface area contributed by atoms with Crippen LogP contribution in [-0.4, -0.2) is 35.2 Å². The fourth-order valence-electron chi connectivity index (χ4n) is 4.02. The van der Waals surface area contributed by atoms with Crippen molar-refractivity contribution in [3.63, 3.8) is 0 Å². The first kappa shape index (κ1) is 20.9. The van der Waals surface area contributed by atoms with E-state index < -0.39 is 5.97 Å². The number of anilines is 2. The Morgan fingerprint density at radius 2 is 1.87 bits per heavy atom. The highest BCUT2D eigenvalue weighted by Crippen LogP contribution is 2.29. The molecule has 1 unspecified atom stereocenters. The van der Waals surface area contributed by atoms with E-state index in [2.05, 4.69) is 52.1 Å². The van der Waals surface area contributed by atoms with Crippen molar-refractivity contribution >= 4 is 17.5 Å². The largest absolute Gasteiger partial charge is 0.481 e. The Bertz CT molecular complexity index is 1010. The second kappa shape index (κ2) is 9.62. The van der Waals surface area contributed by atoms with Gasteiger partial charge in [0.15, 0.2) is 0 Å². The predicted molar refractivity (Wildman–Crippen MR) is 124 cm³/mol. The number of hydrogen-bond donors (Lipinski definition) is 4. The molecule has 31 heavy (non-hydrogen) atoms. The molecule has 2 heterocycles. The lowest BCUT2D eigenvalue weighted by molar-refractivity contribution is -0.136. The minimum absolute atomic E-state index is 0.0544. The van der Waals surface area contributed by atoms with E-state index in [1.807, 2.05) is 42.5 Å². The van der Waals surface area contributed by atoms with Crippen molar-refractivity contribution in [1.29, 1.82) is 0 Å². The molecule has 0 saturated carbocycles. The third-order valence-corrected chi connectivity index (χ3v) is 5.75. The molecule has 1 aliphatic heterocycles. The average Bonchev–Trinajstić information content (AvgIpc) is 2.80. The van der Waals surface area contributed by atoms with Crippen LogP contribution in [0.2, 0.25) is 0 Å². The first-order chi connectivity index (χ1) is 15.1. The smallest absolute Gasteiger partial charge is 0.307 e. The molecule has 0 radical (unpaired) electrons. The standard InChI is InChI=1S/C25H28N4O2/c1-17(19-11-9-18(10-12-19)14-23(30)31)15-28-24(20-6-3-2-4-7-20)22-16-27-21-8-5-13-26-25(21)29-22/h2-13,17,22,24,27-28H,14-16H2,1H3,(H,26,29)(H,30,31)/t17?,22-,24-/m1/s1. The number of nitrogens with zero attached hydrogens (tertiary/aromatic N) is 1. The van der Waals surface area contributed by atoms with E-state index in [1.165, 1.54) is 11.1 Å². The van der Waals surface area contributed by atoms with Gasteiger partial charge in [0, 0.05) is 19.3 Å². The lowest BCUT2D eigenvalue weighted by Gasteiger charge is -2.35. The molecule has 3 aromatic rings. The van der Waals surface area contributed by atoms with Crippen molar-refractivity contribution in [3.8, 4) is 0 Å². The van der Waals surface area contributed by atoms with E-state index in [-0.39, 0.29) is 24.4 Å². The molecule has 0 saturated heterocycles. The highest BCUT2D eigenvalue weighted by atomic mass is 16.4. The molecule has 3 atom stereocenters. The normalized spacial score (nSPS) is 17.0. The number of aliphatic carboxylic acids is 1. The van der Waals surface area contributed by atoms with Gasteiger partial charge in [-0.15, -0.1) is 0 Å². The molecule has 6 nitrogen and oxygen atoms in total. The van der Waals surface area contributed by atoms with Crippen LogP contribution in [0.15, 0.2) is 72.9 Å². The molecule has 6 heteroatoms. The predicted octanol–water partition coefficient (Wildman–Crippen LogP) is 4.05. The van der Waals surface area contributed by atoms with Crippen LogP contribution in [0.25, 0.3) is 0 Å². The topological polar surface area (TPSA) is 86.3 Å². The number of pyridine rings is 1. The number of fused-ring (bicyclic) bond motifs is 1. The molecule has 0 aliphatic carbocycles. The van der Waals surface area contributed by atoms with Gasteiger partial charge < -0.3 is 21.1 Å². The maximum atomic E-state index is 10.9. The fourth-order valence-corrected chi connectivity index (χ4v) is 4.02. The molecule has 1 aromatic heterocycles. The van der Waals surface area contributed by atoms with Crippen LogP contribution in [0, 0.1) is 0 Å². The number of hydrogen-bond acceptors (Lipinski definition) is 5. The van der Waals surface area contributed by atoms with Crippen LogP contribution in [0.5, 0.6) is 0 Å². The first-order valence-electron chi connectivity index (χ1n) is 10.6. The van der Waals surface area contributed by atoms with Crippen molar-refractivity contribution in [2.24, 2.45) is 0 Å². The van der Waals surface area contributed by atoms with Crippen molar-refractivity contribution in [3.05, 3.63) is 89.6 Å². The summed E-state index contributed by atoms with van der Waals surface area (Å²) in [6.45, 7) is 3.78. The number of nitrogens with one attached hydrogen (secondary N) is 3. The summed E-state index contributed by atoms with van der Waals surface area (Å²) in [4.78, 5) is 15.4. The van der Waals surface area contributed by atoms with Crippen LogP contribution in [-0.2, 0) is 11.2 Å². The molecule has 1 aliphatic rings. The Morgan fingerprint density at radius 3 is 2.61 bits per heavy atom. The van der Waals surface area contributed by atoms with Gasteiger partial charge in [0.1, 0.15) is 5.82 Å².